The van der Waals surface area contributed by atoms with Crippen molar-refractivity contribution in [2.24, 2.45) is 0 Å². The lowest BCUT2D eigenvalue weighted by Gasteiger charge is -2.29. The highest BCUT2D eigenvalue weighted by atomic mass is 16.3. The van der Waals surface area contributed by atoms with Gasteiger partial charge in [0.2, 0.25) is 0 Å². The van der Waals surface area contributed by atoms with Crippen LogP contribution in [0, 0.1) is 0 Å². The number of fused-ring (bicyclic) bond motifs is 1. The summed E-state index contributed by atoms with van der Waals surface area (Å²) < 4.78 is 0. The summed E-state index contributed by atoms with van der Waals surface area (Å²) in [6.07, 6.45) is 2.52. The van der Waals surface area contributed by atoms with Crippen LogP contribution < -0.4 is 0 Å². The first-order valence-corrected chi connectivity index (χ1v) is 9.58. The first-order valence-electron chi connectivity index (χ1n) is 9.58. The molecule has 140 valence electrons. The minimum atomic E-state index is -0.156. The van der Waals surface area contributed by atoms with E-state index in [0.717, 1.165) is 43.6 Å². The molecule has 0 unspecified atom stereocenters. The van der Waals surface area contributed by atoms with Crippen molar-refractivity contribution in [3.63, 3.8) is 0 Å². The van der Waals surface area contributed by atoms with Crippen molar-refractivity contribution in [3.8, 4) is 0 Å². The van der Waals surface area contributed by atoms with Crippen molar-refractivity contribution in [2.75, 3.05) is 13.1 Å². The zero-order valence-corrected chi connectivity index (χ0v) is 15.4. The molecule has 0 radical (unpaired) electrons. The molecule has 0 atom stereocenters. The Morgan fingerprint density at radius 1 is 0.926 bits per heavy atom. The molecular weight excluding hydrogens is 338 g/mol. The third-order valence-electron chi connectivity index (χ3n) is 5.79. The summed E-state index contributed by atoms with van der Waals surface area (Å²) >= 11 is 0. The first kappa shape index (κ1) is 18.1. The Hall–Kier alpha value is -2.27. The van der Waals surface area contributed by atoms with Gasteiger partial charge in [0.1, 0.15) is 0 Å². The number of aliphatic hydroxyl groups excluding tert-OH is 2. The normalized spacial score (nSPS) is 17.5. The summed E-state index contributed by atoms with van der Waals surface area (Å²) in [5.41, 5.74) is 6.58. The summed E-state index contributed by atoms with van der Waals surface area (Å²) in [5, 5.41) is 19.0. The third kappa shape index (κ3) is 3.61. The molecule has 1 fully saturated rings. The Labute approximate surface area is 159 Å². The van der Waals surface area contributed by atoms with Crippen LogP contribution in [0.15, 0.2) is 53.6 Å². The number of allylic oxidation sites excluding steroid dienone is 1. The second-order valence-electron chi connectivity index (χ2n) is 7.44. The molecule has 0 saturated carbocycles. The van der Waals surface area contributed by atoms with E-state index in [2.05, 4.69) is 29.2 Å². The molecular formula is C23H25NO3. The molecule has 2 aromatic rings. The minimum absolute atomic E-state index is 0.107. The van der Waals surface area contributed by atoms with Crippen LogP contribution in [0.2, 0.25) is 0 Å². The van der Waals surface area contributed by atoms with Gasteiger partial charge in [0, 0.05) is 37.2 Å². The average molecular weight is 363 g/mol. The first-order chi connectivity index (χ1) is 13.2. The quantitative estimate of drug-likeness (QED) is 0.820. The summed E-state index contributed by atoms with van der Waals surface area (Å²) in [6, 6.07) is 14.1. The van der Waals surface area contributed by atoms with Gasteiger partial charge in [0.25, 0.3) is 0 Å². The van der Waals surface area contributed by atoms with Crippen molar-refractivity contribution in [1.29, 1.82) is 0 Å². The lowest BCUT2D eigenvalue weighted by Crippen LogP contribution is -2.31. The average Bonchev–Trinajstić information content (AvgIpc) is 3.04. The number of hydrogen-bond donors (Lipinski definition) is 2. The number of benzene rings is 2. The van der Waals surface area contributed by atoms with E-state index >= 15 is 0 Å². The molecule has 27 heavy (non-hydrogen) atoms. The van der Waals surface area contributed by atoms with Crippen LogP contribution >= 0.6 is 0 Å². The zero-order valence-electron chi connectivity index (χ0n) is 15.4. The molecule has 2 N–H and O–H groups in total. The lowest BCUT2D eigenvalue weighted by molar-refractivity contribution is 0.103. The molecule has 1 aliphatic heterocycles. The lowest BCUT2D eigenvalue weighted by atomic mass is 9.95. The van der Waals surface area contributed by atoms with Crippen LogP contribution in [-0.2, 0) is 26.2 Å². The smallest absolute Gasteiger partial charge is 0.189 e. The second kappa shape index (κ2) is 7.77. The van der Waals surface area contributed by atoms with Crippen molar-refractivity contribution in [1.82, 2.24) is 4.90 Å². The fraction of sp³-hybridized carbons (Fsp3) is 0.348. The van der Waals surface area contributed by atoms with Gasteiger partial charge in [-0.2, -0.15) is 0 Å². The van der Waals surface area contributed by atoms with Crippen molar-refractivity contribution < 1.29 is 15.0 Å². The van der Waals surface area contributed by atoms with E-state index in [1.807, 2.05) is 12.1 Å². The van der Waals surface area contributed by atoms with Gasteiger partial charge in [-0.25, -0.2) is 0 Å². The largest absolute Gasteiger partial charge is 0.392 e. The number of carbonyl (C=O) groups excluding carboxylic acids is 1. The van der Waals surface area contributed by atoms with E-state index in [9.17, 15) is 15.0 Å². The molecule has 4 heteroatoms. The maximum absolute atomic E-state index is 12.9. The van der Waals surface area contributed by atoms with Crippen LogP contribution in [0.1, 0.15) is 45.5 Å². The zero-order chi connectivity index (χ0) is 18.8. The molecule has 1 heterocycles. The Balaban J connectivity index is 1.49. The Morgan fingerprint density at radius 2 is 1.59 bits per heavy atom. The molecule has 2 aliphatic rings. The predicted octanol–water partition coefficient (Wildman–Crippen LogP) is 3.00. The van der Waals surface area contributed by atoms with Crippen LogP contribution in [0.25, 0.3) is 0 Å². The van der Waals surface area contributed by atoms with E-state index in [4.69, 9.17) is 0 Å². The number of aliphatic hydroxyl groups is 2. The number of rotatable bonds is 4. The summed E-state index contributed by atoms with van der Waals surface area (Å²) in [4.78, 5) is 15.4. The van der Waals surface area contributed by atoms with Gasteiger partial charge < -0.3 is 10.2 Å². The number of hydrogen-bond acceptors (Lipinski definition) is 4. The number of piperidine rings is 1. The van der Waals surface area contributed by atoms with Crippen molar-refractivity contribution in [2.45, 2.75) is 39.0 Å². The second-order valence-corrected chi connectivity index (χ2v) is 7.44. The molecule has 2 aromatic carbocycles. The van der Waals surface area contributed by atoms with Crippen LogP contribution in [0.3, 0.4) is 0 Å². The predicted molar refractivity (Wildman–Crippen MR) is 104 cm³/mol. The highest BCUT2D eigenvalue weighted by Gasteiger charge is 2.30. The van der Waals surface area contributed by atoms with Crippen LogP contribution in [-0.4, -0.2) is 34.0 Å². The Morgan fingerprint density at radius 3 is 2.26 bits per heavy atom. The molecule has 4 rings (SSSR count). The number of Topliss-reactive ketones (excluding diaryl/α,β-unsaturated/α-hetero) is 1. The van der Waals surface area contributed by atoms with Gasteiger partial charge in [0.15, 0.2) is 5.78 Å². The molecule has 0 spiro atoms. The molecule has 1 saturated heterocycles. The number of likely N-dealkylation sites (tertiary alicyclic amines) is 1. The van der Waals surface area contributed by atoms with Gasteiger partial charge in [-0.15, -0.1) is 0 Å². The molecule has 0 bridgehead atoms. The Kier molecular flexibility index (Phi) is 5.21. The van der Waals surface area contributed by atoms with E-state index in [-0.39, 0.29) is 19.0 Å². The van der Waals surface area contributed by atoms with Gasteiger partial charge in [-0.05, 0) is 41.2 Å². The van der Waals surface area contributed by atoms with Gasteiger partial charge in [-0.1, -0.05) is 42.0 Å². The maximum atomic E-state index is 12.9. The third-order valence-corrected chi connectivity index (χ3v) is 5.79. The minimum Gasteiger partial charge on any atom is -0.392 e. The summed E-state index contributed by atoms with van der Waals surface area (Å²) in [7, 11) is 0. The number of ketones is 1. The van der Waals surface area contributed by atoms with E-state index in [1.165, 1.54) is 11.1 Å². The maximum Gasteiger partial charge on any atom is 0.189 e. The molecule has 0 amide bonds. The van der Waals surface area contributed by atoms with Gasteiger partial charge >= 0.3 is 0 Å². The molecule has 4 nitrogen and oxygen atoms in total. The van der Waals surface area contributed by atoms with Crippen molar-refractivity contribution >= 4 is 5.78 Å². The highest BCUT2D eigenvalue weighted by molar-refractivity contribution is 6.13. The Bertz CT molecular complexity index is 876. The van der Waals surface area contributed by atoms with Crippen molar-refractivity contribution in [3.05, 3.63) is 81.4 Å². The highest BCUT2D eigenvalue weighted by Crippen LogP contribution is 2.34. The SMILES string of the molecule is O=C1C(=C2CCN(Cc3ccccc3)CC2)Cc2cc(CO)c(CO)cc21. The fourth-order valence-corrected chi connectivity index (χ4v) is 4.24. The van der Waals surface area contributed by atoms with E-state index < -0.39 is 0 Å². The van der Waals surface area contributed by atoms with Crippen LogP contribution in [0.4, 0.5) is 0 Å². The standard InChI is InChI=1S/C23H25NO3/c25-14-19-10-18-11-21(23(27)22(18)12-20(19)15-26)17-6-8-24(9-7-17)13-16-4-2-1-3-5-16/h1-5,10,12,25-26H,6-9,11,13-15H2. The number of nitrogens with zero attached hydrogens (tertiary/aromatic N) is 1. The van der Waals surface area contributed by atoms with Crippen LogP contribution in [0.5, 0.6) is 0 Å². The van der Waals surface area contributed by atoms with Gasteiger partial charge in [-0.3, -0.25) is 9.69 Å². The fourth-order valence-electron chi connectivity index (χ4n) is 4.24. The summed E-state index contributed by atoms with van der Waals surface area (Å²) in [6.45, 7) is 2.63. The topological polar surface area (TPSA) is 60.8 Å². The molecule has 0 aromatic heterocycles. The summed E-state index contributed by atoms with van der Waals surface area (Å²) in [5.74, 6) is 0.107. The van der Waals surface area contributed by atoms with Gasteiger partial charge in [0.05, 0.1) is 13.2 Å². The molecule has 1 aliphatic carbocycles. The monoisotopic (exact) mass is 363 g/mol. The van der Waals surface area contributed by atoms with E-state index in [1.54, 1.807) is 6.07 Å². The number of carbonyl (C=O) groups is 1. The van der Waals surface area contributed by atoms with E-state index in [0.29, 0.717) is 23.1 Å².